The lowest BCUT2D eigenvalue weighted by molar-refractivity contribution is 0.376. The Morgan fingerprint density at radius 1 is 1.38 bits per heavy atom. The van der Waals surface area contributed by atoms with Gasteiger partial charge in [0.1, 0.15) is 6.54 Å². The number of rotatable bonds is 3. The van der Waals surface area contributed by atoms with Gasteiger partial charge in [-0.2, -0.15) is 4.98 Å². The number of nitrogens with two attached hydrogens (primary N) is 1. The van der Waals surface area contributed by atoms with Crippen molar-refractivity contribution >= 4 is 35.6 Å². The molecule has 0 radical (unpaired) electrons. The van der Waals surface area contributed by atoms with Gasteiger partial charge in [0.25, 0.3) is 0 Å². The summed E-state index contributed by atoms with van der Waals surface area (Å²) in [4.78, 5) is 8.25. The van der Waals surface area contributed by atoms with Crippen LogP contribution in [-0.4, -0.2) is 16.1 Å². The van der Waals surface area contributed by atoms with Crippen LogP contribution in [0, 0.1) is 6.92 Å². The molecule has 1 heterocycles. The SMILES string of the molecule is Cc1noc(CN=C(N)Nc2ccc3c(c2)CCC3)n1.I. The number of halogens is 1. The highest BCUT2D eigenvalue weighted by Crippen LogP contribution is 2.24. The van der Waals surface area contributed by atoms with Gasteiger partial charge in [0.05, 0.1) is 0 Å². The topological polar surface area (TPSA) is 89.3 Å². The zero-order valence-electron chi connectivity index (χ0n) is 11.8. The number of nitrogens with one attached hydrogen (secondary N) is 1. The van der Waals surface area contributed by atoms with Crippen LogP contribution in [0.2, 0.25) is 0 Å². The first-order valence-corrected chi connectivity index (χ1v) is 6.68. The van der Waals surface area contributed by atoms with Gasteiger partial charge in [-0.25, -0.2) is 4.99 Å². The van der Waals surface area contributed by atoms with Crippen LogP contribution in [0.4, 0.5) is 5.69 Å². The predicted octanol–water partition coefficient (Wildman–Crippen LogP) is 2.41. The molecule has 1 aliphatic rings. The van der Waals surface area contributed by atoms with E-state index < -0.39 is 0 Å². The van der Waals surface area contributed by atoms with E-state index in [0.717, 1.165) is 12.1 Å². The van der Waals surface area contributed by atoms with Crippen LogP contribution in [-0.2, 0) is 19.4 Å². The molecule has 0 atom stereocenters. The maximum Gasteiger partial charge on any atom is 0.248 e. The number of anilines is 1. The first kappa shape index (κ1) is 15.7. The fraction of sp³-hybridized carbons (Fsp3) is 0.357. The molecule has 21 heavy (non-hydrogen) atoms. The Morgan fingerprint density at radius 2 is 2.19 bits per heavy atom. The summed E-state index contributed by atoms with van der Waals surface area (Å²) in [5.41, 5.74) is 9.66. The van der Waals surface area contributed by atoms with Crippen molar-refractivity contribution in [2.75, 3.05) is 5.32 Å². The minimum Gasteiger partial charge on any atom is -0.370 e. The summed E-state index contributed by atoms with van der Waals surface area (Å²) in [6.45, 7) is 2.05. The van der Waals surface area contributed by atoms with Crippen LogP contribution in [0.25, 0.3) is 0 Å². The first-order chi connectivity index (χ1) is 9.70. The Hall–Kier alpha value is -1.64. The number of hydrogen-bond donors (Lipinski definition) is 2. The van der Waals surface area contributed by atoms with E-state index in [1.165, 1.54) is 24.0 Å². The van der Waals surface area contributed by atoms with Crippen LogP contribution in [0.3, 0.4) is 0 Å². The van der Waals surface area contributed by atoms with E-state index in [-0.39, 0.29) is 30.5 Å². The molecule has 3 N–H and O–H groups in total. The predicted molar refractivity (Wildman–Crippen MR) is 91.9 cm³/mol. The Kier molecular flexibility index (Phi) is 5.16. The quantitative estimate of drug-likeness (QED) is 0.470. The van der Waals surface area contributed by atoms with Crippen LogP contribution in [0.15, 0.2) is 27.7 Å². The molecule has 0 aliphatic heterocycles. The molecule has 1 aromatic carbocycles. The van der Waals surface area contributed by atoms with Crippen LogP contribution in [0.1, 0.15) is 29.3 Å². The van der Waals surface area contributed by atoms with Gasteiger partial charge in [-0.1, -0.05) is 11.2 Å². The summed E-state index contributed by atoms with van der Waals surface area (Å²) in [5, 5.41) is 6.79. The van der Waals surface area contributed by atoms with E-state index in [9.17, 15) is 0 Å². The maximum atomic E-state index is 5.85. The van der Waals surface area contributed by atoms with Crippen LogP contribution in [0.5, 0.6) is 0 Å². The lowest BCUT2D eigenvalue weighted by atomic mass is 10.1. The summed E-state index contributed by atoms with van der Waals surface area (Å²) in [6, 6.07) is 6.32. The molecule has 1 aliphatic carbocycles. The van der Waals surface area contributed by atoms with Gasteiger partial charge in [0.2, 0.25) is 5.89 Å². The number of aryl methyl sites for hydroxylation is 3. The van der Waals surface area contributed by atoms with E-state index >= 15 is 0 Å². The average molecular weight is 399 g/mol. The molecule has 6 nitrogen and oxygen atoms in total. The number of aliphatic imine (C=N–C) groups is 1. The van der Waals surface area contributed by atoms with Crippen molar-refractivity contribution in [2.24, 2.45) is 10.7 Å². The summed E-state index contributed by atoms with van der Waals surface area (Å²) < 4.78 is 4.97. The molecule has 1 aromatic heterocycles. The van der Waals surface area contributed by atoms with Gasteiger partial charge in [0, 0.05) is 5.69 Å². The number of fused-ring (bicyclic) bond motifs is 1. The third kappa shape index (κ3) is 3.93. The van der Waals surface area contributed by atoms with Crippen molar-refractivity contribution in [3.05, 3.63) is 41.0 Å². The summed E-state index contributed by atoms with van der Waals surface area (Å²) in [7, 11) is 0. The Morgan fingerprint density at radius 3 is 2.95 bits per heavy atom. The molecule has 0 unspecified atom stereocenters. The van der Waals surface area contributed by atoms with E-state index in [0.29, 0.717) is 17.7 Å². The van der Waals surface area contributed by atoms with Crippen molar-refractivity contribution < 1.29 is 4.52 Å². The number of aromatic nitrogens is 2. The molecule has 0 fully saturated rings. The third-order valence-electron chi connectivity index (χ3n) is 3.33. The zero-order valence-corrected chi connectivity index (χ0v) is 14.1. The molecule has 7 heteroatoms. The smallest absolute Gasteiger partial charge is 0.248 e. The Bertz CT molecular complexity index is 653. The van der Waals surface area contributed by atoms with E-state index in [2.05, 4.69) is 32.6 Å². The second kappa shape index (κ2) is 6.88. The number of guanidine groups is 1. The van der Waals surface area contributed by atoms with Gasteiger partial charge in [-0.3, -0.25) is 0 Å². The molecule has 0 saturated carbocycles. The Labute approximate surface area is 140 Å². The zero-order chi connectivity index (χ0) is 13.9. The second-order valence-electron chi connectivity index (χ2n) is 4.90. The lowest BCUT2D eigenvalue weighted by Crippen LogP contribution is -2.22. The van der Waals surface area contributed by atoms with Crippen LogP contribution < -0.4 is 11.1 Å². The van der Waals surface area contributed by atoms with Crippen molar-refractivity contribution in [1.29, 1.82) is 0 Å². The molecule has 0 bridgehead atoms. The largest absolute Gasteiger partial charge is 0.370 e. The number of nitrogens with zero attached hydrogens (tertiary/aromatic N) is 3. The molecule has 0 saturated heterocycles. The minimum absolute atomic E-state index is 0. The van der Waals surface area contributed by atoms with Crippen molar-refractivity contribution in [3.8, 4) is 0 Å². The summed E-state index contributed by atoms with van der Waals surface area (Å²) in [6.07, 6.45) is 3.55. The molecule has 112 valence electrons. The monoisotopic (exact) mass is 399 g/mol. The van der Waals surface area contributed by atoms with E-state index in [1.54, 1.807) is 6.92 Å². The normalized spacial score (nSPS) is 13.7. The van der Waals surface area contributed by atoms with E-state index in [1.807, 2.05) is 6.07 Å². The minimum atomic E-state index is 0. The lowest BCUT2D eigenvalue weighted by Gasteiger charge is -2.07. The second-order valence-corrected chi connectivity index (χ2v) is 4.90. The maximum absolute atomic E-state index is 5.85. The third-order valence-corrected chi connectivity index (χ3v) is 3.33. The van der Waals surface area contributed by atoms with Gasteiger partial charge in [0.15, 0.2) is 11.8 Å². The summed E-state index contributed by atoms with van der Waals surface area (Å²) in [5.74, 6) is 1.40. The highest BCUT2D eigenvalue weighted by atomic mass is 127. The molecular formula is C14H18IN5O. The summed E-state index contributed by atoms with van der Waals surface area (Å²) >= 11 is 0. The highest BCUT2D eigenvalue weighted by molar-refractivity contribution is 14.0. The highest BCUT2D eigenvalue weighted by Gasteiger charge is 2.10. The van der Waals surface area contributed by atoms with Crippen LogP contribution >= 0.6 is 24.0 Å². The number of hydrogen-bond acceptors (Lipinski definition) is 4. The van der Waals surface area contributed by atoms with E-state index in [4.69, 9.17) is 10.3 Å². The standard InChI is InChI=1S/C14H17N5O.HI/c1-9-17-13(20-19-9)8-16-14(15)18-12-6-5-10-3-2-4-11(10)7-12;/h5-7H,2-4,8H2,1H3,(H3,15,16,18);1H. The molecule has 0 spiro atoms. The van der Waals surface area contributed by atoms with Crippen molar-refractivity contribution in [2.45, 2.75) is 32.7 Å². The molecular weight excluding hydrogens is 381 g/mol. The first-order valence-electron chi connectivity index (χ1n) is 6.68. The average Bonchev–Trinajstić information content (AvgIpc) is 3.04. The molecule has 2 aromatic rings. The molecule has 3 rings (SSSR count). The van der Waals surface area contributed by atoms with Gasteiger partial charge < -0.3 is 15.6 Å². The molecule has 0 amide bonds. The Balaban J connectivity index is 0.00000161. The van der Waals surface area contributed by atoms with Gasteiger partial charge >= 0.3 is 0 Å². The van der Waals surface area contributed by atoms with Crippen molar-refractivity contribution in [3.63, 3.8) is 0 Å². The van der Waals surface area contributed by atoms with Crippen molar-refractivity contribution in [1.82, 2.24) is 10.1 Å². The van der Waals surface area contributed by atoms with Gasteiger partial charge in [-0.15, -0.1) is 24.0 Å². The van der Waals surface area contributed by atoms with Gasteiger partial charge in [-0.05, 0) is 49.4 Å². The fourth-order valence-electron chi connectivity index (χ4n) is 2.39. The fourth-order valence-corrected chi connectivity index (χ4v) is 2.39. The number of benzene rings is 1.